The SMILES string of the molecule is COc1c(C(=O)O)cccc1-c1ccc(S(=O)(=O)NC(C)(C)C)cc1. The molecule has 2 rings (SSSR count). The quantitative estimate of drug-likeness (QED) is 0.851. The van der Waals surface area contributed by atoms with Crippen LogP contribution >= 0.6 is 0 Å². The van der Waals surface area contributed by atoms with Crippen LogP contribution in [0.5, 0.6) is 5.75 Å². The summed E-state index contributed by atoms with van der Waals surface area (Å²) in [5.74, 6) is -0.856. The van der Waals surface area contributed by atoms with Gasteiger partial charge in [-0.1, -0.05) is 24.3 Å². The first kappa shape index (κ1) is 19.0. The number of benzene rings is 2. The Hall–Kier alpha value is -2.38. The molecule has 2 aromatic carbocycles. The second kappa shape index (κ2) is 6.85. The summed E-state index contributed by atoms with van der Waals surface area (Å²) in [4.78, 5) is 11.5. The van der Waals surface area contributed by atoms with E-state index < -0.39 is 21.5 Å². The van der Waals surface area contributed by atoms with E-state index in [0.29, 0.717) is 11.1 Å². The Morgan fingerprint density at radius 1 is 1.08 bits per heavy atom. The van der Waals surface area contributed by atoms with Crippen molar-refractivity contribution in [2.75, 3.05) is 7.11 Å². The van der Waals surface area contributed by atoms with Crippen LogP contribution in [0.25, 0.3) is 11.1 Å². The number of nitrogens with one attached hydrogen (secondary N) is 1. The molecule has 0 spiro atoms. The first-order chi connectivity index (χ1) is 11.5. The van der Waals surface area contributed by atoms with Crippen molar-refractivity contribution in [3.8, 4) is 16.9 Å². The summed E-state index contributed by atoms with van der Waals surface area (Å²) in [7, 11) is -2.23. The van der Waals surface area contributed by atoms with E-state index in [0.717, 1.165) is 0 Å². The van der Waals surface area contributed by atoms with Gasteiger partial charge in [0.2, 0.25) is 10.0 Å². The van der Waals surface area contributed by atoms with Crippen molar-refractivity contribution in [3.63, 3.8) is 0 Å². The summed E-state index contributed by atoms with van der Waals surface area (Å²) in [6, 6.07) is 11.0. The van der Waals surface area contributed by atoms with Gasteiger partial charge < -0.3 is 9.84 Å². The van der Waals surface area contributed by atoms with Crippen LogP contribution in [-0.4, -0.2) is 32.1 Å². The maximum absolute atomic E-state index is 12.3. The maximum atomic E-state index is 12.3. The molecule has 0 radical (unpaired) electrons. The van der Waals surface area contributed by atoms with Gasteiger partial charge in [-0.2, -0.15) is 0 Å². The zero-order valence-electron chi connectivity index (χ0n) is 14.5. The molecule has 0 amide bonds. The highest BCUT2D eigenvalue weighted by atomic mass is 32.2. The summed E-state index contributed by atoms with van der Waals surface area (Å²) < 4.78 is 32.5. The summed E-state index contributed by atoms with van der Waals surface area (Å²) in [6.45, 7) is 5.30. The average Bonchev–Trinajstić information content (AvgIpc) is 2.52. The van der Waals surface area contributed by atoms with Crippen LogP contribution < -0.4 is 9.46 Å². The number of hydrogen-bond donors (Lipinski definition) is 2. The summed E-state index contributed by atoms with van der Waals surface area (Å²) >= 11 is 0. The lowest BCUT2D eigenvalue weighted by molar-refractivity contribution is 0.0693. The number of hydrogen-bond acceptors (Lipinski definition) is 4. The molecule has 0 heterocycles. The summed E-state index contributed by atoms with van der Waals surface area (Å²) in [6.07, 6.45) is 0. The highest BCUT2D eigenvalue weighted by Crippen LogP contribution is 2.33. The molecule has 0 aliphatic heterocycles. The fourth-order valence-electron chi connectivity index (χ4n) is 2.43. The van der Waals surface area contributed by atoms with Crippen LogP contribution in [0, 0.1) is 0 Å². The molecule has 2 aromatic rings. The maximum Gasteiger partial charge on any atom is 0.339 e. The smallest absolute Gasteiger partial charge is 0.339 e. The van der Waals surface area contributed by atoms with E-state index in [1.165, 1.54) is 25.3 Å². The Labute approximate surface area is 147 Å². The number of para-hydroxylation sites is 1. The molecule has 2 N–H and O–H groups in total. The Balaban J connectivity index is 2.45. The second-order valence-corrected chi connectivity index (χ2v) is 8.25. The summed E-state index contributed by atoms with van der Waals surface area (Å²) in [5.41, 5.74) is 0.701. The predicted molar refractivity (Wildman–Crippen MR) is 95.5 cm³/mol. The van der Waals surface area contributed by atoms with Gasteiger partial charge in [-0.15, -0.1) is 0 Å². The largest absolute Gasteiger partial charge is 0.495 e. The first-order valence-corrected chi connectivity index (χ1v) is 9.08. The Morgan fingerprint density at radius 3 is 2.16 bits per heavy atom. The molecule has 0 saturated carbocycles. The van der Waals surface area contributed by atoms with E-state index in [-0.39, 0.29) is 16.2 Å². The van der Waals surface area contributed by atoms with Crippen LogP contribution in [0.2, 0.25) is 0 Å². The van der Waals surface area contributed by atoms with Gasteiger partial charge >= 0.3 is 5.97 Å². The molecule has 0 bridgehead atoms. The Morgan fingerprint density at radius 2 is 1.68 bits per heavy atom. The number of rotatable bonds is 5. The number of sulfonamides is 1. The molecule has 0 unspecified atom stereocenters. The van der Waals surface area contributed by atoms with E-state index in [2.05, 4.69) is 4.72 Å². The minimum absolute atomic E-state index is 0.0473. The molecule has 0 atom stereocenters. The Bertz CT molecular complexity index is 881. The predicted octanol–water partition coefficient (Wildman–Crippen LogP) is 3.14. The number of ether oxygens (including phenoxy) is 1. The third-order valence-electron chi connectivity index (χ3n) is 3.37. The van der Waals surface area contributed by atoms with Gasteiger partial charge in [0.15, 0.2) is 0 Å². The lowest BCUT2D eigenvalue weighted by Crippen LogP contribution is -2.40. The van der Waals surface area contributed by atoms with Crippen molar-refractivity contribution >= 4 is 16.0 Å². The van der Waals surface area contributed by atoms with Crippen molar-refractivity contribution in [1.29, 1.82) is 0 Å². The van der Waals surface area contributed by atoms with Gasteiger partial charge in [0.05, 0.1) is 12.0 Å². The number of aromatic carboxylic acids is 1. The highest BCUT2D eigenvalue weighted by Gasteiger charge is 2.22. The standard InChI is InChI=1S/C18H21NO5S/c1-18(2,3)19-25(22,23)13-10-8-12(9-11-13)14-6-5-7-15(17(20)21)16(14)24-4/h5-11,19H,1-4H3,(H,20,21). The molecule has 0 aromatic heterocycles. The molecule has 0 fully saturated rings. The van der Waals surface area contributed by atoms with E-state index in [4.69, 9.17) is 4.74 Å². The molecular formula is C18H21NO5S. The minimum Gasteiger partial charge on any atom is -0.495 e. The lowest BCUT2D eigenvalue weighted by atomic mass is 10.0. The van der Waals surface area contributed by atoms with Crippen molar-refractivity contribution in [2.45, 2.75) is 31.2 Å². The Kier molecular flexibility index (Phi) is 5.20. The molecule has 134 valence electrons. The van der Waals surface area contributed by atoms with Crippen molar-refractivity contribution < 1.29 is 23.1 Å². The zero-order valence-corrected chi connectivity index (χ0v) is 15.3. The third kappa shape index (κ3) is 4.37. The van der Waals surface area contributed by atoms with Crippen LogP contribution in [-0.2, 0) is 10.0 Å². The van der Waals surface area contributed by atoms with Crippen LogP contribution in [0.3, 0.4) is 0 Å². The van der Waals surface area contributed by atoms with Crippen LogP contribution in [0.15, 0.2) is 47.4 Å². The zero-order chi connectivity index (χ0) is 18.8. The van der Waals surface area contributed by atoms with Gasteiger partial charge in [-0.05, 0) is 44.5 Å². The minimum atomic E-state index is -3.63. The molecule has 6 nitrogen and oxygen atoms in total. The van der Waals surface area contributed by atoms with Gasteiger partial charge in [-0.3, -0.25) is 0 Å². The van der Waals surface area contributed by atoms with E-state index >= 15 is 0 Å². The molecule has 0 aliphatic carbocycles. The van der Waals surface area contributed by atoms with Gasteiger partial charge in [-0.25, -0.2) is 17.9 Å². The fraction of sp³-hybridized carbons (Fsp3) is 0.278. The van der Waals surface area contributed by atoms with Crippen LogP contribution in [0.1, 0.15) is 31.1 Å². The number of carbonyl (C=O) groups is 1. The van der Waals surface area contributed by atoms with E-state index in [9.17, 15) is 18.3 Å². The monoisotopic (exact) mass is 363 g/mol. The molecule has 0 aliphatic rings. The third-order valence-corrected chi connectivity index (χ3v) is 5.14. The molecule has 7 heteroatoms. The average molecular weight is 363 g/mol. The topological polar surface area (TPSA) is 92.7 Å². The van der Waals surface area contributed by atoms with Crippen molar-refractivity contribution in [2.24, 2.45) is 0 Å². The van der Waals surface area contributed by atoms with Gasteiger partial charge in [0, 0.05) is 11.1 Å². The van der Waals surface area contributed by atoms with E-state index in [1.54, 1.807) is 45.0 Å². The van der Waals surface area contributed by atoms with Gasteiger partial charge in [0.1, 0.15) is 11.3 Å². The fourth-order valence-corrected chi connectivity index (χ4v) is 3.85. The van der Waals surface area contributed by atoms with Crippen molar-refractivity contribution in [3.05, 3.63) is 48.0 Å². The van der Waals surface area contributed by atoms with Crippen LogP contribution in [0.4, 0.5) is 0 Å². The van der Waals surface area contributed by atoms with Gasteiger partial charge in [0.25, 0.3) is 0 Å². The summed E-state index contributed by atoms with van der Waals surface area (Å²) in [5, 5.41) is 9.26. The normalized spacial score (nSPS) is 12.0. The molecular weight excluding hydrogens is 342 g/mol. The molecule has 25 heavy (non-hydrogen) atoms. The number of carboxylic acids is 1. The highest BCUT2D eigenvalue weighted by molar-refractivity contribution is 7.89. The second-order valence-electron chi connectivity index (χ2n) is 6.57. The first-order valence-electron chi connectivity index (χ1n) is 7.60. The lowest BCUT2D eigenvalue weighted by Gasteiger charge is -2.20. The molecule has 0 saturated heterocycles. The van der Waals surface area contributed by atoms with E-state index in [1.807, 2.05) is 0 Å². The van der Waals surface area contributed by atoms with Crippen molar-refractivity contribution in [1.82, 2.24) is 4.72 Å². The number of methoxy groups -OCH3 is 1. The number of carboxylic acid groups (broad SMARTS) is 1.